The van der Waals surface area contributed by atoms with Crippen LogP contribution in [0.15, 0.2) is 48.5 Å². The number of likely N-dealkylation sites (N-methyl/N-ethyl adjacent to an activating group) is 1. The van der Waals surface area contributed by atoms with Gasteiger partial charge in [0.1, 0.15) is 6.54 Å². The fourth-order valence-corrected chi connectivity index (χ4v) is 2.98. The van der Waals surface area contributed by atoms with Crippen LogP contribution in [0.1, 0.15) is 17.5 Å². The second-order valence-corrected chi connectivity index (χ2v) is 6.40. The van der Waals surface area contributed by atoms with E-state index in [0.717, 1.165) is 29.1 Å². The molecule has 0 bridgehead atoms. The van der Waals surface area contributed by atoms with Crippen molar-refractivity contribution in [3.8, 4) is 11.5 Å². The zero-order chi connectivity index (χ0) is 18.8. The minimum atomic E-state index is 0.0671. The van der Waals surface area contributed by atoms with E-state index in [1.807, 2.05) is 43.4 Å². The van der Waals surface area contributed by atoms with Crippen LogP contribution in [-0.2, 0) is 17.8 Å². The Balaban J connectivity index is 1.75. The van der Waals surface area contributed by atoms with Crippen LogP contribution in [0.4, 0.5) is 0 Å². The molecule has 2 aromatic rings. The molecule has 0 saturated heterocycles. The molecule has 0 saturated carbocycles. The van der Waals surface area contributed by atoms with Gasteiger partial charge in [0.25, 0.3) is 5.91 Å². The number of hydrogen-bond donors (Lipinski definition) is 2. The summed E-state index contributed by atoms with van der Waals surface area (Å²) in [6.45, 7) is 1.81. The Bertz CT molecular complexity index is 689. The van der Waals surface area contributed by atoms with Crippen molar-refractivity contribution in [2.75, 3.05) is 34.4 Å². The van der Waals surface area contributed by atoms with Crippen molar-refractivity contribution in [3.05, 3.63) is 59.7 Å². The first-order chi connectivity index (χ1) is 12.6. The second kappa shape index (κ2) is 10.5. The normalized spacial score (nSPS) is 11.7. The third-order valence-corrected chi connectivity index (χ3v) is 4.25. The highest BCUT2D eigenvalue weighted by molar-refractivity contribution is 5.76. The fourth-order valence-electron chi connectivity index (χ4n) is 2.98. The van der Waals surface area contributed by atoms with E-state index in [9.17, 15) is 4.79 Å². The predicted molar refractivity (Wildman–Crippen MR) is 103 cm³/mol. The zero-order valence-electron chi connectivity index (χ0n) is 15.9. The number of para-hydroxylation sites is 1. The lowest BCUT2D eigenvalue weighted by Crippen LogP contribution is -3.08. The van der Waals surface area contributed by atoms with Crippen molar-refractivity contribution in [1.29, 1.82) is 0 Å². The molecular formula is C21H29N2O3+. The highest BCUT2D eigenvalue weighted by Gasteiger charge is 2.15. The van der Waals surface area contributed by atoms with Crippen LogP contribution >= 0.6 is 0 Å². The first kappa shape index (κ1) is 19.8. The summed E-state index contributed by atoms with van der Waals surface area (Å²) in [5, 5.41) is 3.01. The summed E-state index contributed by atoms with van der Waals surface area (Å²) < 4.78 is 10.8. The van der Waals surface area contributed by atoms with Crippen molar-refractivity contribution in [2.24, 2.45) is 0 Å². The average Bonchev–Trinajstić information content (AvgIpc) is 2.65. The zero-order valence-corrected chi connectivity index (χ0v) is 15.9. The monoisotopic (exact) mass is 357 g/mol. The van der Waals surface area contributed by atoms with Gasteiger partial charge in [0, 0.05) is 6.54 Å². The summed E-state index contributed by atoms with van der Waals surface area (Å²) in [5.74, 6) is 1.51. The van der Waals surface area contributed by atoms with Crippen LogP contribution < -0.4 is 19.7 Å². The molecule has 2 rings (SSSR count). The first-order valence-corrected chi connectivity index (χ1v) is 8.95. The highest BCUT2D eigenvalue weighted by Crippen LogP contribution is 2.29. The minimum Gasteiger partial charge on any atom is -0.493 e. The van der Waals surface area contributed by atoms with E-state index < -0.39 is 0 Å². The number of amides is 1. The largest absolute Gasteiger partial charge is 0.493 e. The van der Waals surface area contributed by atoms with Crippen molar-refractivity contribution in [1.82, 2.24) is 5.32 Å². The van der Waals surface area contributed by atoms with E-state index in [4.69, 9.17) is 9.47 Å². The third kappa shape index (κ3) is 6.08. The average molecular weight is 357 g/mol. The van der Waals surface area contributed by atoms with Crippen molar-refractivity contribution >= 4 is 5.91 Å². The maximum absolute atomic E-state index is 12.1. The third-order valence-electron chi connectivity index (χ3n) is 4.25. The molecule has 0 spiro atoms. The first-order valence-electron chi connectivity index (χ1n) is 8.95. The second-order valence-electron chi connectivity index (χ2n) is 6.40. The number of aryl methyl sites for hydroxylation is 1. The lowest BCUT2D eigenvalue weighted by molar-refractivity contribution is -0.885. The van der Waals surface area contributed by atoms with E-state index >= 15 is 0 Å². The van der Waals surface area contributed by atoms with Gasteiger partial charge in [0.2, 0.25) is 0 Å². The van der Waals surface area contributed by atoms with Crippen molar-refractivity contribution in [2.45, 2.75) is 19.4 Å². The lowest BCUT2D eigenvalue weighted by Gasteiger charge is -2.17. The molecule has 1 unspecified atom stereocenters. The predicted octanol–water partition coefficient (Wildman–Crippen LogP) is 1.47. The smallest absolute Gasteiger partial charge is 0.275 e. The Morgan fingerprint density at radius 2 is 1.81 bits per heavy atom. The summed E-state index contributed by atoms with van der Waals surface area (Å²) in [4.78, 5) is 13.2. The van der Waals surface area contributed by atoms with Gasteiger partial charge in [-0.05, 0) is 30.5 Å². The maximum atomic E-state index is 12.1. The molecule has 0 aromatic heterocycles. The van der Waals surface area contributed by atoms with Crippen LogP contribution in [0.5, 0.6) is 11.5 Å². The maximum Gasteiger partial charge on any atom is 0.275 e. The molecule has 2 N–H and O–H groups in total. The van der Waals surface area contributed by atoms with Gasteiger partial charge in [0.05, 0.1) is 26.8 Å². The molecule has 1 atom stereocenters. The molecule has 0 radical (unpaired) electrons. The van der Waals surface area contributed by atoms with Gasteiger partial charge in [-0.2, -0.15) is 0 Å². The van der Waals surface area contributed by atoms with Gasteiger partial charge in [-0.25, -0.2) is 0 Å². The molecule has 1 amide bonds. The minimum absolute atomic E-state index is 0.0671. The van der Waals surface area contributed by atoms with Gasteiger partial charge in [-0.1, -0.05) is 36.4 Å². The molecule has 0 aliphatic carbocycles. The van der Waals surface area contributed by atoms with E-state index in [1.54, 1.807) is 14.2 Å². The number of hydrogen-bond acceptors (Lipinski definition) is 3. The number of carbonyl (C=O) groups is 1. The highest BCUT2D eigenvalue weighted by atomic mass is 16.5. The van der Waals surface area contributed by atoms with Crippen LogP contribution in [0.3, 0.4) is 0 Å². The molecule has 26 heavy (non-hydrogen) atoms. The topological polar surface area (TPSA) is 52.0 Å². The number of methoxy groups -OCH3 is 2. The molecule has 0 heterocycles. The number of carbonyl (C=O) groups excluding carboxylic acids is 1. The molecule has 0 aliphatic rings. The Hall–Kier alpha value is -2.53. The Kier molecular flexibility index (Phi) is 7.96. The number of rotatable bonds is 10. The van der Waals surface area contributed by atoms with Gasteiger partial charge in [0.15, 0.2) is 18.0 Å². The standard InChI is InChI=1S/C21H28N2O3/c1-23(15-18-12-7-13-19(25-2)21(18)26-3)16-20(24)22-14-8-11-17-9-5-4-6-10-17/h4-7,9-10,12-13H,8,11,14-16H2,1-3H3,(H,22,24)/p+1. The number of benzene rings is 2. The molecule has 140 valence electrons. The molecular weight excluding hydrogens is 328 g/mol. The fraction of sp³-hybridized carbons (Fsp3) is 0.381. The summed E-state index contributed by atoms with van der Waals surface area (Å²) in [6.07, 6.45) is 1.92. The summed E-state index contributed by atoms with van der Waals surface area (Å²) in [6, 6.07) is 16.1. The lowest BCUT2D eigenvalue weighted by atomic mass is 10.1. The van der Waals surface area contributed by atoms with Crippen LogP contribution in [0, 0.1) is 0 Å². The van der Waals surface area contributed by atoms with Gasteiger partial charge in [-0.3, -0.25) is 4.79 Å². The number of nitrogens with one attached hydrogen (secondary N) is 2. The van der Waals surface area contributed by atoms with Crippen molar-refractivity contribution in [3.63, 3.8) is 0 Å². The molecule has 0 aliphatic heterocycles. The van der Waals surface area contributed by atoms with Gasteiger partial charge >= 0.3 is 0 Å². The van der Waals surface area contributed by atoms with Crippen LogP contribution in [0.25, 0.3) is 0 Å². The van der Waals surface area contributed by atoms with E-state index in [0.29, 0.717) is 25.4 Å². The molecule has 5 nitrogen and oxygen atoms in total. The summed E-state index contributed by atoms with van der Waals surface area (Å²) in [5.41, 5.74) is 2.33. The SMILES string of the molecule is COc1cccc(C[NH+](C)CC(=O)NCCCc2ccccc2)c1OC. The van der Waals surface area contributed by atoms with Gasteiger partial charge < -0.3 is 19.7 Å². The molecule has 2 aromatic carbocycles. The van der Waals surface area contributed by atoms with E-state index in [1.165, 1.54) is 5.56 Å². The van der Waals surface area contributed by atoms with Crippen LogP contribution in [-0.4, -0.2) is 40.3 Å². The Labute approximate surface area is 155 Å². The molecule has 0 fully saturated rings. The van der Waals surface area contributed by atoms with Gasteiger partial charge in [-0.15, -0.1) is 0 Å². The Morgan fingerprint density at radius 1 is 1.04 bits per heavy atom. The Morgan fingerprint density at radius 3 is 2.50 bits per heavy atom. The quantitative estimate of drug-likeness (QED) is 0.633. The molecule has 5 heteroatoms. The van der Waals surface area contributed by atoms with Crippen molar-refractivity contribution < 1.29 is 19.2 Å². The van der Waals surface area contributed by atoms with Crippen LogP contribution in [0.2, 0.25) is 0 Å². The number of quaternary nitrogens is 1. The summed E-state index contributed by atoms with van der Waals surface area (Å²) in [7, 11) is 5.26. The van der Waals surface area contributed by atoms with E-state index in [2.05, 4.69) is 17.4 Å². The summed E-state index contributed by atoms with van der Waals surface area (Å²) >= 11 is 0. The van der Waals surface area contributed by atoms with E-state index in [-0.39, 0.29) is 5.91 Å². The number of ether oxygens (including phenoxy) is 2.